The molecule has 2 bridgehead atoms. The Morgan fingerprint density at radius 3 is 2.57 bits per heavy atom. The molecule has 2 saturated carbocycles. The maximum atomic E-state index is 4.97. The molecule has 2 fully saturated rings. The molecule has 3 aliphatic carbocycles. The van der Waals surface area contributed by atoms with E-state index in [0.717, 1.165) is 17.8 Å². The van der Waals surface area contributed by atoms with E-state index in [1.54, 1.807) is 5.92 Å². The summed E-state index contributed by atoms with van der Waals surface area (Å²) in [4.78, 5) is 0. The van der Waals surface area contributed by atoms with Gasteiger partial charge in [-0.2, -0.15) is 0 Å². The van der Waals surface area contributed by atoms with Gasteiger partial charge in [-0.1, -0.05) is 12.2 Å². The molecule has 0 aromatic rings. The van der Waals surface area contributed by atoms with Crippen LogP contribution in [-0.4, -0.2) is 0 Å². The average Bonchev–Trinajstić information content (AvgIpc) is 2.76. The molecule has 0 N–H and O–H groups in total. The van der Waals surface area contributed by atoms with Crippen molar-refractivity contribution in [1.82, 2.24) is 0 Å². The van der Waals surface area contributed by atoms with Gasteiger partial charge in [0.15, 0.2) is 0 Å². The van der Waals surface area contributed by atoms with Crippen molar-refractivity contribution in [3.8, 4) is 0 Å². The van der Waals surface area contributed by atoms with E-state index in [1.165, 1.54) is 19.3 Å². The fourth-order valence-corrected chi connectivity index (χ4v) is 2.91. The van der Waals surface area contributed by atoms with Gasteiger partial charge in [0.05, 0.1) is 0 Å². The van der Waals surface area contributed by atoms with E-state index in [-0.39, 0.29) is 0 Å². The molecule has 0 saturated heterocycles. The zero-order valence-corrected chi connectivity index (χ0v) is 11.5. The molecule has 3 atom stereocenters. The summed E-state index contributed by atoms with van der Waals surface area (Å²) >= 11 is -1.92. The van der Waals surface area contributed by atoms with E-state index in [4.69, 9.17) is 27.9 Å². The topological polar surface area (TPSA) is 0 Å². The normalized spacial score (nSPS) is 38.1. The van der Waals surface area contributed by atoms with Gasteiger partial charge in [-0.15, -0.1) is 0 Å². The van der Waals surface area contributed by atoms with Crippen LogP contribution in [0.15, 0.2) is 12.2 Å². The van der Waals surface area contributed by atoms with Crippen molar-refractivity contribution < 1.29 is 14.7 Å². The molecule has 0 nitrogen and oxygen atoms in total. The molecule has 0 amide bonds. The van der Waals surface area contributed by atoms with E-state index in [1.807, 2.05) is 0 Å². The molecule has 3 aliphatic rings. The second kappa shape index (κ2) is 5.10. The first kappa shape index (κ1) is 11.8. The Morgan fingerprint density at radius 1 is 1.21 bits per heavy atom. The molecule has 0 spiro atoms. The van der Waals surface area contributed by atoms with E-state index in [0.29, 0.717) is 0 Å². The van der Waals surface area contributed by atoms with Crippen molar-refractivity contribution in [3.05, 3.63) is 24.5 Å². The molecule has 3 rings (SSSR count). The second-order valence-corrected chi connectivity index (χ2v) is 11.7. The predicted octanol–water partition coefficient (Wildman–Crippen LogP) is 4.45. The van der Waals surface area contributed by atoms with E-state index in [2.05, 4.69) is 18.6 Å². The number of halogens is 3. The van der Waals surface area contributed by atoms with Crippen LogP contribution in [0.2, 0.25) is 0 Å². The molecular weight excluding hydrogens is 274 g/mol. The van der Waals surface area contributed by atoms with Crippen LogP contribution in [0.25, 0.3) is 0 Å². The fourth-order valence-electron chi connectivity index (χ4n) is 2.91. The molecule has 2 radical (unpaired) electrons. The summed E-state index contributed by atoms with van der Waals surface area (Å²) in [6.45, 7) is 0. The van der Waals surface area contributed by atoms with Crippen LogP contribution in [-0.2, 0) is 14.7 Å². The molecule has 0 aromatic heterocycles. The molecule has 0 heterocycles. The van der Waals surface area contributed by atoms with Crippen LogP contribution >= 0.6 is 27.9 Å². The van der Waals surface area contributed by atoms with Gasteiger partial charge in [0.2, 0.25) is 0 Å². The Labute approximate surface area is 103 Å². The minimum absolute atomic E-state index is 0.873. The first-order valence-electron chi connectivity index (χ1n) is 4.90. The molecular formula is C10H12Cl3Ti. The van der Waals surface area contributed by atoms with Crippen molar-refractivity contribution in [2.24, 2.45) is 17.8 Å². The van der Waals surface area contributed by atoms with Gasteiger partial charge >= 0.3 is 42.6 Å². The van der Waals surface area contributed by atoms with Gasteiger partial charge < -0.3 is 0 Å². The van der Waals surface area contributed by atoms with Gasteiger partial charge in [-0.25, -0.2) is 0 Å². The van der Waals surface area contributed by atoms with Crippen LogP contribution in [0.5, 0.6) is 0 Å². The quantitative estimate of drug-likeness (QED) is 0.456. The van der Waals surface area contributed by atoms with Crippen molar-refractivity contribution in [3.63, 3.8) is 0 Å². The molecule has 14 heavy (non-hydrogen) atoms. The van der Waals surface area contributed by atoms with Crippen LogP contribution < -0.4 is 0 Å². The van der Waals surface area contributed by atoms with Gasteiger partial charge in [0.25, 0.3) is 0 Å². The Bertz CT molecular complexity index is 209. The third-order valence-electron chi connectivity index (χ3n) is 3.35. The zero-order chi connectivity index (χ0) is 10.1. The van der Waals surface area contributed by atoms with Crippen LogP contribution in [0.1, 0.15) is 19.3 Å². The van der Waals surface area contributed by atoms with Crippen molar-refractivity contribution in [2.75, 3.05) is 0 Å². The Balaban J connectivity index is 0.000000165. The van der Waals surface area contributed by atoms with Gasteiger partial charge in [0.1, 0.15) is 0 Å². The summed E-state index contributed by atoms with van der Waals surface area (Å²) in [5.41, 5.74) is 0. The summed E-state index contributed by atoms with van der Waals surface area (Å²) in [6, 6.07) is 0. The van der Waals surface area contributed by atoms with Crippen molar-refractivity contribution >= 4 is 27.9 Å². The first-order chi connectivity index (χ1) is 6.68. The average molecular weight is 286 g/mol. The Hall–Kier alpha value is 1.32. The number of fused-ring (bicyclic) bond motifs is 5. The minimum atomic E-state index is -1.92. The van der Waals surface area contributed by atoms with Crippen molar-refractivity contribution in [2.45, 2.75) is 19.3 Å². The molecule has 4 heteroatoms. The van der Waals surface area contributed by atoms with Gasteiger partial charge in [-0.3, -0.25) is 0 Å². The Morgan fingerprint density at radius 2 is 1.93 bits per heavy atom. The molecule has 3 unspecified atom stereocenters. The number of allylic oxidation sites excluding steroid dienone is 2. The van der Waals surface area contributed by atoms with Crippen molar-refractivity contribution in [1.29, 1.82) is 0 Å². The van der Waals surface area contributed by atoms with Gasteiger partial charge in [-0.05, 0) is 49.4 Å². The van der Waals surface area contributed by atoms with E-state index in [9.17, 15) is 0 Å². The van der Waals surface area contributed by atoms with Crippen LogP contribution in [0.3, 0.4) is 0 Å². The predicted molar refractivity (Wildman–Crippen MR) is 58.6 cm³/mol. The number of hydrogen-bond donors (Lipinski definition) is 0. The van der Waals surface area contributed by atoms with Crippen LogP contribution in [0, 0.1) is 30.1 Å². The van der Waals surface area contributed by atoms with Gasteiger partial charge in [0, 0.05) is 0 Å². The monoisotopic (exact) mass is 285 g/mol. The fraction of sp³-hybridized carbons (Fsp3) is 0.600. The summed E-state index contributed by atoms with van der Waals surface area (Å²) in [7, 11) is 14.9. The second-order valence-electron chi connectivity index (χ2n) is 3.99. The van der Waals surface area contributed by atoms with Crippen LogP contribution in [0.4, 0.5) is 0 Å². The summed E-state index contributed by atoms with van der Waals surface area (Å²) < 4.78 is 0. The third kappa shape index (κ3) is 2.52. The zero-order valence-electron chi connectivity index (χ0n) is 7.72. The number of hydrogen-bond acceptors (Lipinski definition) is 0. The summed E-state index contributed by atoms with van der Waals surface area (Å²) in [6.07, 6.45) is 11.6. The number of rotatable bonds is 0. The Kier molecular flexibility index (Phi) is 4.30. The molecule has 0 aliphatic heterocycles. The maximum absolute atomic E-state index is 4.97. The SMILES string of the molecule is [CH]1CCC2[C]1C1C=CC2C1.[Cl][Ti]([Cl])[Cl]. The molecule has 0 aromatic carbocycles. The standard InChI is InChI=1S/C10H12.3ClH.Ti/c1-2-9-7-4-5-8(6-7)10(9)3-1;;;;/h2,4-5,7-8,10H,1,3,6H2;3*1H;/q;;;;+3/p-3. The summed E-state index contributed by atoms with van der Waals surface area (Å²) in [5, 5.41) is 0. The molecule has 77 valence electrons. The first-order valence-corrected chi connectivity index (χ1v) is 11.3. The van der Waals surface area contributed by atoms with E-state index < -0.39 is 14.7 Å². The van der Waals surface area contributed by atoms with E-state index >= 15 is 0 Å². The third-order valence-corrected chi connectivity index (χ3v) is 3.35. The summed E-state index contributed by atoms with van der Waals surface area (Å²) in [5.74, 6) is 4.58.